The minimum absolute atomic E-state index is 0. The summed E-state index contributed by atoms with van der Waals surface area (Å²) in [6.07, 6.45) is 14.4. The zero-order valence-corrected chi connectivity index (χ0v) is 67.8. The number of rotatable bonds is 7. The summed E-state index contributed by atoms with van der Waals surface area (Å²) in [5.41, 5.74) is 16.8. The molecule has 552 valence electrons. The van der Waals surface area contributed by atoms with E-state index in [1.807, 2.05) is 67.3 Å². The second kappa shape index (κ2) is 39.5. The Morgan fingerprint density at radius 3 is 0.899 bits per heavy atom. The Hall–Kier alpha value is -11.3. The van der Waals surface area contributed by atoms with Crippen LogP contribution in [0, 0.1) is 21.3 Å². The van der Waals surface area contributed by atoms with Gasteiger partial charge in [-0.1, -0.05) is 130 Å². The van der Waals surface area contributed by atoms with Gasteiger partial charge >= 0.3 is 56.9 Å². The van der Waals surface area contributed by atoms with E-state index < -0.39 is 17.9 Å². The molecule has 0 aliphatic heterocycles. The zero-order chi connectivity index (χ0) is 78.6. The molecule has 28 heteroatoms. The number of nitriles is 2. The standard InChI is InChI=1S/C21H12N4O4.C20H12N4O2.2C18H24N2.2CHNS.2CNS.2Ru/c26-20(27)11-7-10(8-12(9-11)21(28)29)19-24-17-13-3-1-5-22-15(13)16-14(18(17)25-19)4-2-6-23-16;25-20(26)12-7-5-11(6-8-12)19-23-17-13-3-1-9-21-15(13)16-14(18(17)24-19)4-2-10-22-16;2*1-17(2,3)13-7-9-19-15(11-13)16-12-14(8-10-20-16)18(4,5)6;4*2-1-3;;/h1-9H,(H,24,25)(H,26,27)(H,28,29);1-10H,(H,23,24)(H,25,26);2*7-12H,1-6H3;2*3H;;;;/q;;;;;;2*-1;2*+2/p-2. The summed E-state index contributed by atoms with van der Waals surface area (Å²) in [6, 6.07) is 42.6. The number of aromatic carboxylic acids is 3. The molecule has 4 aromatic carbocycles. The molecule has 14 rings (SSSR count). The first-order chi connectivity index (χ1) is 50.8. The molecule has 0 fully saturated rings. The van der Waals surface area contributed by atoms with Crippen molar-refractivity contribution in [3.05, 3.63) is 239 Å². The monoisotopic (exact) mass is 1700 g/mol. The van der Waals surface area contributed by atoms with Gasteiger partial charge in [0.2, 0.25) is 0 Å². The van der Waals surface area contributed by atoms with Crippen LogP contribution in [0.2, 0.25) is 0 Å². The van der Waals surface area contributed by atoms with Crippen LogP contribution in [0.15, 0.2) is 189 Å². The van der Waals surface area contributed by atoms with Gasteiger partial charge < -0.3 is 61.4 Å². The molecule has 0 amide bonds. The van der Waals surface area contributed by atoms with Crippen molar-refractivity contribution in [3.8, 4) is 56.4 Å². The van der Waals surface area contributed by atoms with Crippen LogP contribution in [0.3, 0.4) is 0 Å². The van der Waals surface area contributed by atoms with Gasteiger partial charge in [0.15, 0.2) is 0 Å². The average molecular weight is 1700 g/mol. The molecule has 0 aliphatic carbocycles. The van der Waals surface area contributed by atoms with Gasteiger partial charge in [-0.25, -0.2) is 34.9 Å². The quantitative estimate of drug-likeness (QED) is 0.0247. The molecule has 5 N–H and O–H groups in total. The normalized spacial score (nSPS) is 10.6. The molecule has 0 saturated heterocycles. The number of benzene rings is 4. The zero-order valence-electron chi connectivity index (χ0n) is 61.1. The van der Waals surface area contributed by atoms with Crippen molar-refractivity contribution in [1.29, 1.82) is 10.5 Å². The molecule has 0 bridgehead atoms. The Morgan fingerprint density at radius 2 is 0.633 bits per heavy atom. The largest absolute Gasteiger partial charge is 2.00 e. The van der Waals surface area contributed by atoms with Gasteiger partial charge in [0.25, 0.3) is 0 Å². The number of pyridine rings is 8. The van der Waals surface area contributed by atoms with Crippen LogP contribution < -0.4 is 0 Å². The van der Waals surface area contributed by atoms with Crippen LogP contribution in [0.25, 0.3) is 122 Å². The maximum absolute atomic E-state index is 11.4. The fourth-order valence-electron chi connectivity index (χ4n) is 10.9. The van der Waals surface area contributed by atoms with Crippen molar-refractivity contribution in [1.82, 2.24) is 59.8 Å². The van der Waals surface area contributed by atoms with Crippen LogP contribution >= 0.6 is 24.4 Å². The van der Waals surface area contributed by atoms with Crippen LogP contribution in [-0.2, 0) is 85.9 Å². The fraction of sp³-hybridized carbons (Fsp3) is 0.198. The number of nitrogens with one attached hydrogen (secondary N) is 2. The van der Waals surface area contributed by atoms with Crippen molar-refractivity contribution in [3.63, 3.8) is 0 Å². The van der Waals surface area contributed by atoms with Crippen molar-refractivity contribution in [2.24, 2.45) is 0 Å². The molecule has 0 atom stereocenters. The second-order valence-electron chi connectivity index (χ2n) is 27.6. The summed E-state index contributed by atoms with van der Waals surface area (Å²) in [5, 5.41) is 65.1. The second-order valence-corrected chi connectivity index (χ2v) is 28.3. The number of thiocyanates is 2. The van der Waals surface area contributed by atoms with Gasteiger partial charge in [0, 0.05) is 82.2 Å². The van der Waals surface area contributed by atoms with Crippen LogP contribution in [-0.4, -0.2) is 103 Å². The molecule has 0 radical (unpaired) electrons. The molecule has 14 aromatic rings. The molecular weight excluding hydrogens is 1620 g/mol. The summed E-state index contributed by atoms with van der Waals surface area (Å²) >= 11 is 14.8. The third-order valence-corrected chi connectivity index (χ3v) is 16.3. The van der Waals surface area contributed by atoms with E-state index in [2.05, 4.69) is 236 Å². The predicted molar refractivity (Wildman–Crippen MR) is 433 cm³/mol. The van der Waals surface area contributed by atoms with Crippen molar-refractivity contribution in [2.75, 3.05) is 0 Å². The Bertz CT molecular complexity index is 5310. The predicted octanol–water partition coefficient (Wildman–Crippen LogP) is 18.6. The van der Waals surface area contributed by atoms with E-state index in [9.17, 15) is 24.6 Å². The molecular formula is C81H72N16O6Ru2S4. The number of isothiocyanates is 2. The number of aromatic nitrogens is 12. The molecule has 0 spiro atoms. The van der Waals surface area contributed by atoms with E-state index in [1.54, 1.807) is 55.1 Å². The molecule has 0 unspecified atom stereocenters. The minimum Gasteiger partial charge on any atom is -0.753 e. The number of fused-ring (bicyclic) bond motifs is 12. The summed E-state index contributed by atoms with van der Waals surface area (Å²) < 4.78 is 0. The first-order valence-electron chi connectivity index (χ1n) is 32.7. The third kappa shape index (κ3) is 22.9. The van der Waals surface area contributed by atoms with Crippen molar-refractivity contribution in [2.45, 2.75) is 105 Å². The molecule has 10 aromatic heterocycles. The number of hydrogen-bond donors (Lipinski definition) is 5. The van der Waals surface area contributed by atoms with Gasteiger partial charge in [0.05, 0.1) is 83.6 Å². The summed E-state index contributed by atoms with van der Waals surface area (Å²) in [7, 11) is 0. The first kappa shape index (κ1) is 88.4. The molecule has 0 aliphatic rings. The van der Waals surface area contributed by atoms with Crippen LogP contribution in [0.5, 0.6) is 0 Å². The van der Waals surface area contributed by atoms with Crippen molar-refractivity contribution >= 4 is 144 Å². The first-order valence-corrected chi connectivity index (χ1v) is 34.3. The summed E-state index contributed by atoms with van der Waals surface area (Å²) in [6.45, 7) is 26.6. The van der Waals surface area contributed by atoms with Gasteiger partial charge in [-0.05, 0) is 171 Å². The average Bonchev–Trinajstić information content (AvgIpc) is 1.64. The minimum atomic E-state index is -1.21. The van der Waals surface area contributed by atoms with Gasteiger partial charge in [-0.3, -0.25) is 39.9 Å². The van der Waals surface area contributed by atoms with E-state index >= 15 is 0 Å². The molecule has 10 heterocycles. The number of imidazole rings is 2. The van der Waals surface area contributed by atoms with E-state index in [0.29, 0.717) is 28.2 Å². The van der Waals surface area contributed by atoms with E-state index in [-0.39, 0.29) is 77.3 Å². The van der Waals surface area contributed by atoms with Gasteiger partial charge in [-0.2, -0.15) is 10.3 Å². The summed E-state index contributed by atoms with van der Waals surface area (Å²) in [5.74, 6) is -2.33. The van der Waals surface area contributed by atoms with Crippen molar-refractivity contribution < 1.29 is 68.7 Å². The number of carboxylic acid groups (broad SMARTS) is 3. The van der Waals surface area contributed by atoms with Crippen LogP contribution in [0.1, 0.15) is 136 Å². The third-order valence-electron chi connectivity index (χ3n) is 16.3. The number of aromatic amines is 2. The Morgan fingerprint density at radius 1 is 0.376 bits per heavy atom. The number of carbonyl (C=O) groups is 3. The van der Waals surface area contributed by atoms with E-state index in [4.69, 9.17) is 31.4 Å². The SMILES string of the molecule is CC(C)(C)c1ccnc(-c2cc(C(C)(C)C)ccn2)c1.CC(C)(C)c1ccnc(-c2cc(C(C)(C)C)ccn2)c1.N#C[S-].N#C[S-].O=C(O)c1cc(C(=O)O)cc(-c2nc3c4cccnc4c4ncccc4c3[nH]2)c1.O=C(O)c1ccc(-c2nc3c4cccnc4c4ncccc4c3[nH]2)cc1.[N-]=C=S.[N-]=C=S.[Ru+2].[Ru+2]. The Kier molecular flexibility index (Phi) is 32.1. The van der Waals surface area contributed by atoms with E-state index in [1.165, 1.54) is 55.5 Å². The Balaban J connectivity index is 0.000000249. The fourth-order valence-corrected chi connectivity index (χ4v) is 10.9. The topological polar surface area (TPSA) is 365 Å². The number of hydrogen-bond acceptors (Lipinski definition) is 19. The summed E-state index contributed by atoms with van der Waals surface area (Å²) in [4.78, 5) is 85.7. The Labute approximate surface area is 677 Å². The number of H-pyrrole nitrogens is 2. The molecule has 109 heavy (non-hydrogen) atoms. The van der Waals surface area contributed by atoms with Gasteiger partial charge in [-0.15, -0.1) is 0 Å². The number of carboxylic acids is 3. The number of thiocarbonyl (C=S) groups is 2. The molecule has 22 nitrogen and oxygen atoms in total. The maximum atomic E-state index is 11.4. The van der Waals surface area contributed by atoms with E-state index in [0.717, 1.165) is 89.1 Å². The maximum Gasteiger partial charge on any atom is 2.00 e. The van der Waals surface area contributed by atoms with Gasteiger partial charge in [0.1, 0.15) is 11.6 Å². The van der Waals surface area contributed by atoms with Crippen LogP contribution in [0.4, 0.5) is 0 Å². The molecule has 0 saturated carbocycles. The smallest absolute Gasteiger partial charge is 0.753 e. The number of nitrogens with zero attached hydrogens (tertiary/aromatic N) is 14.